The first-order valence-electron chi connectivity index (χ1n) is 19.3. The number of hydrogen-bond acceptors (Lipinski definition) is 10. The van der Waals surface area contributed by atoms with Gasteiger partial charge in [0.25, 0.3) is 0 Å². The van der Waals surface area contributed by atoms with Gasteiger partial charge >= 0.3 is 0 Å². The summed E-state index contributed by atoms with van der Waals surface area (Å²) < 4.78 is 23.1. The molecule has 9 nitrogen and oxygen atoms in total. The van der Waals surface area contributed by atoms with Crippen LogP contribution in [0.25, 0.3) is 21.8 Å². The highest BCUT2D eigenvalue weighted by Crippen LogP contribution is 2.36. The molecule has 1 atom stereocenters. The fourth-order valence-electron chi connectivity index (χ4n) is 6.24. The molecule has 0 saturated carbocycles. The molecule has 4 aromatic carbocycles. The number of anilines is 4. The van der Waals surface area contributed by atoms with E-state index in [0.717, 1.165) is 74.5 Å². The van der Waals surface area contributed by atoms with Crippen molar-refractivity contribution < 1.29 is 23.6 Å². The number of fused-ring (bicyclic) bond motifs is 2. The molecule has 6 aromatic rings. The van der Waals surface area contributed by atoms with Gasteiger partial charge in [-0.25, -0.2) is 0 Å². The molecule has 2 heterocycles. The molecule has 0 amide bonds. The minimum Gasteiger partial charge on any atom is -0.616 e. The van der Waals surface area contributed by atoms with E-state index in [1.165, 1.54) is 0 Å². The molecule has 57 heavy (non-hydrogen) atoms. The summed E-state index contributed by atoms with van der Waals surface area (Å²) in [5.41, 5.74) is 8.32. The Morgan fingerprint density at radius 3 is 1.56 bits per heavy atom. The number of thioether (sulfide) groups is 1. The van der Waals surface area contributed by atoms with Gasteiger partial charge in [0.15, 0.2) is 11.6 Å². The Labute approximate surface area is 343 Å². The molecule has 2 aromatic heterocycles. The molecule has 0 bridgehead atoms. The number of ketones is 2. The minimum absolute atomic E-state index is 0.0608. The highest BCUT2D eigenvalue weighted by atomic mass is 32.2. The van der Waals surface area contributed by atoms with E-state index in [1.54, 1.807) is 30.4 Å². The lowest BCUT2D eigenvalue weighted by Gasteiger charge is -2.17. The van der Waals surface area contributed by atoms with Crippen LogP contribution >= 0.6 is 11.8 Å². The predicted octanol–water partition coefficient (Wildman–Crippen LogP) is 11.0. The predicted molar refractivity (Wildman–Crippen MR) is 239 cm³/mol. The lowest BCUT2D eigenvalue weighted by atomic mass is 10.0. The van der Waals surface area contributed by atoms with Gasteiger partial charge in [0.2, 0.25) is 0 Å². The third-order valence-electron chi connectivity index (χ3n) is 9.26. The Hall–Kier alpha value is -5.10. The summed E-state index contributed by atoms with van der Waals surface area (Å²) in [6.07, 6.45) is 9.57. The normalized spacial score (nSPS) is 11.4. The molecule has 0 radical (unpaired) electrons. The van der Waals surface area contributed by atoms with Gasteiger partial charge in [-0.05, 0) is 68.3 Å². The van der Waals surface area contributed by atoms with Crippen molar-refractivity contribution in [1.29, 1.82) is 0 Å². The standard InChI is InChI=1S/C23H26N2O3S.C23H26N2O2S/c1-4-8-20(26)18-15-24-23-17(10-7-12-21(23)28-13-14-29(3)27)22(18)25-19-11-6-5-9-16(19)2;1-4-8-20(26)18-15-24-23-17(10-7-12-21(23)27-13-14-28-3)22(18)25-19-11-6-5-9-16(19)2/h5-7,9-12,15H,4,8,13-14H2,1-3H3,(H,24,25);5-7,9-12,15H,4,8,13-14H2,1-3H3,(H,24,25). The number of ether oxygens (including phenoxy) is 2. The Bertz CT molecular complexity index is 2300. The number of benzene rings is 4. The molecule has 2 N–H and O–H groups in total. The van der Waals surface area contributed by atoms with E-state index in [-0.39, 0.29) is 11.6 Å². The molecule has 298 valence electrons. The average Bonchev–Trinajstić information content (AvgIpc) is 3.20. The molecule has 6 rings (SSSR count). The molecule has 0 saturated heterocycles. The SMILES string of the molecule is CCCC(=O)c1cnc2c(OCCSC)cccc2c1Nc1ccccc1C.CCCC(=O)c1cnc2c(OCC[S+](C)[O-])cccc2c1Nc1ccccc1C. The fourth-order valence-corrected chi connectivity index (χ4v) is 6.81. The second kappa shape index (κ2) is 21.4. The van der Waals surface area contributed by atoms with Crippen LogP contribution in [0.15, 0.2) is 97.3 Å². The van der Waals surface area contributed by atoms with Crippen LogP contribution in [0.2, 0.25) is 0 Å². The maximum absolute atomic E-state index is 12.8. The topological polar surface area (TPSA) is 126 Å². The zero-order valence-corrected chi connectivity index (χ0v) is 35.3. The van der Waals surface area contributed by atoms with Gasteiger partial charge in [-0.15, -0.1) is 0 Å². The Kier molecular flexibility index (Phi) is 16.2. The molecular formula is C46H52N4O5S2. The lowest BCUT2D eigenvalue weighted by molar-refractivity contribution is 0.0974. The van der Waals surface area contributed by atoms with Crippen LogP contribution in [-0.4, -0.2) is 63.3 Å². The molecule has 1 unspecified atom stereocenters. The number of nitrogens with one attached hydrogen (secondary N) is 2. The lowest BCUT2D eigenvalue weighted by Crippen LogP contribution is -2.12. The van der Waals surface area contributed by atoms with Crippen molar-refractivity contribution >= 4 is 79.1 Å². The van der Waals surface area contributed by atoms with Crippen LogP contribution < -0.4 is 20.1 Å². The van der Waals surface area contributed by atoms with Crippen LogP contribution in [0.5, 0.6) is 11.5 Å². The molecule has 0 fully saturated rings. The summed E-state index contributed by atoms with van der Waals surface area (Å²) >= 11 is 0.821. The van der Waals surface area contributed by atoms with Crippen LogP contribution in [0.3, 0.4) is 0 Å². The van der Waals surface area contributed by atoms with E-state index in [2.05, 4.69) is 39.8 Å². The molecule has 0 aliphatic heterocycles. The van der Waals surface area contributed by atoms with E-state index >= 15 is 0 Å². The van der Waals surface area contributed by atoms with Gasteiger partial charge in [-0.3, -0.25) is 19.6 Å². The van der Waals surface area contributed by atoms with Crippen LogP contribution in [0.1, 0.15) is 71.4 Å². The molecule has 0 aliphatic rings. The monoisotopic (exact) mass is 804 g/mol. The summed E-state index contributed by atoms with van der Waals surface area (Å²) in [6, 6.07) is 27.6. The first-order chi connectivity index (χ1) is 27.7. The summed E-state index contributed by atoms with van der Waals surface area (Å²) in [6.45, 7) is 9.05. The zero-order chi connectivity index (χ0) is 40.7. The van der Waals surface area contributed by atoms with Gasteiger partial charge in [-0.2, -0.15) is 11.8 Å². The summed E-state index contributed by atoms with van der Waals surface area (Å²) in [4.78, 5) is 34.7. The van der Waals surface area contributed by atoms with Crippen molar-refractivity contribution in [3.8, 4) is 11.5 Å². The zero-order valence-electron chi connectivity index (χ0n) is 33.6. The smallest absolute Gasteiger partial charge is 0.166 e. The largest absolute Gasteiger partial charge is 0.616 e. The number of aromatic nitrogens is 2. The highest BCUT2D eigenvalue weighted by molar-refractivity contribution is 7.98. The minimum atomic E-state index is -0.921. The van der Waals surface area contributed by atoms with Crippen LogP contribution in [0, 0.1) is 13.8 Å². The van der Waals surface area contributed by atoms with E-state index in [9.17, 15) is 14.1 Å². The number of carbonyl (C=O) groups is 2. The number of para-hydroxylation sites is 4. The van der Waals surface area contributed by atoms with Crippen LogP contribution in [-0.2, 0) is 11.2 Å². The van der Waals surface area contributed by atoms with E-state index in [1.807, 2.05) is 99.6 Å². The quantitative estimate of drug-likeness (QED) is 0.0492. The van der Waals surface area contributed by atoms with Crippen molar-refractivity contribution in [3.63, 3.8) is 0 Å². The van der Waals surface area contributed by atoms with Gasteiger partial charge < -0.3 is 24.7 Å². The number of aryl methyl sites for hydroxylation is 2. The van der Waals surface area contributed by atoms with Crippen molar-refractivity contribution in [1.82, 2.24) is 9.97 Å². The number of carbonyl (C=O) groups excluding carboxylic acids is 2. The van der Waals surface area contributed by atoms with Crippen molar-refractivity contribution in [2.24, 2.45) is 0 Å². The second-order valence-electron chi connectivity index (χ2n) is 13.6. The first kappa shape index (κ1) is 43.0. The van der Waals surface area contributed by atoms with E-state index in [0.29, 0.717) is 54.2 Å². The molecule has 0 spiro atoms. The molecular weight excluding hydrogens is 753 g/mol. The van der Waals surface area contributed by atoms with E-state index < -0.39 is 11.2 Å². The Balaban J connectivity index is 0.000000218. The second-order valence-corrected chi connectivity index (χ2v) is 16.1. The third-order valence-corrected chi connectivity index (χ3v) is 10.6. The number of nitrogens with zero attached hydrogens (tertiary/aromatic N) is 2. The number of rotatable bonds is 18. The molecule has 0 aliphatic carbocycles. The highest BCUT2D eigenvalue weighted by Gasteiger charge is 2.20. The Morgan fingerprint density at radius 2 is 1.14 bits per heavy atom. The van der Waals surface area contributed by atoms with Crippen molar-refractivity contribution in [3.05, 3.63) is 120 Å². The number of pyridine rings is 2. The van der Waals surface area contributed by atoms with Gasteiger partial charge in [0.1, 0.15) is 34.9 Å². The molecule has 11 heteroatoms. The van der Waals surface area contributed by atoms with Crippen molar-refractivity contribution in [2.75, 3.05) is 47.9 Å². The van der Waals surface area contributed by atoms with Gasteiger partial charge in [0.05, 0.1) is 35.4 Å². The van der Waals surface area contributed by atoms with Crippen molar-refractivity contribution in [2.45, 2.75) is 53.4 Å². The maximum atomic E-state index is 12.8. The summed E-state index contributed by atoms with van der Waals surface area (Å²) in [5.74, 6) is 2.90. The van der Waals surface area contributed by atoms with Gasteiger partial charge in [-0.1, -0.05) is 85.7 Å². The number of Topliss-reactive ketones (excluding diaryl/α,β-unsaturated/α-hetero) is 2. The third kappa shape index (κ3) is 11.3. The summed E-state index contributed by atoms with van der Waals surface area (Å²) in [5, 5.41) is 8.68. The fraction of sp³-hybridized carbons (Fsp3) is 0.304. The number of hydrogen-bond donors (Lipinski definition) is 2. The van der Waals surface area contributed by atoms with Gasteiger partial charge in [0, 0.05) is 53.1 Å². The maximum Gasteiger partial charge on any atom is 0.166 e. The Morgan fingerprint density at radius 1 is 0.684 bits per heavy atom. The first-order valence-corrected chi connectivity index (χ1v) is 22.4. The van der Waals surface area contributed by atoms with Crippen LogP contribution in [0.4, 0.5) is 22.7 Å². The average molecular weight is 805 g/mol. The summed E-state index contributed by atoms with van der Waals surface area (Å²) in [7, 11) is 0. The van der Waals surface area contributed by atoms with E-state index in [4.69, 9.17) is 9.47 Å².